The number of nitrogens with one attached hydrogen (secondary N) is 1. The van der Waals surface area contributed by atoms with E-state index in [4.69, 9.17) is 16.2 Å². The summed E-state index contributed by atoms with van der Waals surface area (Å²) in [7, 11) is 0. The van der Waals surface area contributed by atoms with Crippen molar-refractivity contribution in [3.05, 3.63) is 29.0 Å². The van der Waals surface area contributed by atoms with Crippen LogP contribution in [0.3, 0.4) is 0 Å². The molecule has 0 bridgehead atoms. The van der Waals surface area contributed by atoms with Gasteiger partial charge in [-0.2, -0.15) is 4.99 Å². The van der Waals surface area contributed by atoms with Crippen LogP contribution in [-0.4, -0.2) is 28.4 Å². The molecule has 0 aliphatic heterocycles. The van der Waals surface area contributed by atoms with Crippen LogP contribution in [0.4, 0.5) is 14.7 Å². The number of aliphatic imine (C=N–C) groups is 1. The number of aromatic nitrogens is 2. The van der Waals surface area contributed by atoms with Gasteiger partial charge in [0.1, 0.15) is 22.8 Å². The molecule has 0 saturated heterocycles. The number of fused-ring (bicyclic) bond motifs is 1. The summed E-state index contributed by atoms with van der Waals surface area (Å²) in [6.07, 6.45) is 0. The molecule has 2 aromatic heterocycles. The number of benzene rings is 1. The van der Waals surface area contributed by atoms with E-state index in [1.165, 1.54) is 17.5 Å². The van der Waals surface area contributed by atoms with Crippen LogP contribution in [0.5, 0.6) is 5.75 Å². The van der Waals surface area contributed by atoms with E-state index < -0.39 is 11.7 Å². The zero-order valence-electron chi connectivity index (χ0n) is 12.9. The van der Waals surface area contributed by atoms with Crippen LogP contribution in [0.25, 0.3) is 10.2 Å². The number of hydrogen-bond donors (Lipinski definition) is 3. The molecule has 0 saturated carbocycles. The third-order valence-electron chi connectivity index (χ3n) is 2.93. The van der Waals surface area contributed by atoms with E-state index in [0.717, 1.165) is 22.7 Å². The molecular weight excluding hydrogens is 367 g/mol. The Kier molecular flexibility index (Phi) is 4.76. The SMILES string of the molecule is CCOc1ccc(F)c2sc(NC(=O)c3csc(N=C(N)N)n3)nc12. The summed E-state index contributed by atoms with van der Waals surface area (Å²) in [5.41, 5.74) is 11.0. The fourth-order valence-electron chi connectivity index (χ4n) is 1.97. The highest BCUT2D eigenvalue weighted by Gasteiger charge is 2.17. The molecule has 0 unspecified atom stereocenters. The van der Waals surface area contributed by atoms with E-state index in [1.54, 1.807) is 0 Å². The number of carbonyl (C=O) groups excluding carboxylic acids is 1. The van der Waals surface area contributed by atoms with Crippen molar-refractivity contribution in [1.29, 1.82) is 0 Å². The van der Waals surface area contributed by atoms with Crippen LogP contribution in [0.2, 0.25) is 0 Å². The van der Waals surface area contributed by atoms with Gasteiger partial charge in [-0.15, -0.1) is 11.3 Å². The van der Waals surface area contributed by atoms with Gasteiger partial charge < -0.3 is 16.2 Å². The first-order valence-electron chi connectivity index (χ1n) is 7.06. The fourth-order valence-corrected chi connectivity index (χ4v) is 3.54. The number of thiazole rings is 2. The third-order valence-corrected chi connectivity index (χ3v) is 4.64. The quantitative estimate of drug-likeness (QED) is 0.461. The fraction of sp³-hybridized carbons (Fsp3) is 0.143. The Bertz CT molecular complexity index is 964. The number of carbonyl (C=O) groups is 1. The smallest absolute Gasteiger partial charge is 0.276 e. The van der Waals surface area contributed by atoms with Gasteiger partial charge in [-0.1, -0.05) is 11.3 Å². The normalized spacial score (nSPS) is 10.6. The zero-order chi connectivity index (χ0) is 18.0. The van der Waals surface area contributed by atoms with Crippen LogP contribution in [0, 0.1) is 5.82 Å². The molecule has 8 nitrogen and oxygen atoms in total. The van der Waals surface area contributed by atoms with Crippen LogP contribution in [-0.2, 0) is 0 Å². The van der Waals surface area contributed by atoms with E-state index >= 15 is 0 Å². The van der Waals surface area contributed by atoms with E-state index in [0.29, 0.717) is 22.6 Å². The number of anilines is 1. The highest BCUT2D eigenvalue weighted by atomic mass is 32.1. The highest BCUT2D eigenvalue weighted by Crippen LogP contribution is 2.34. The number of nitrogens with two attached hydrogens (primary N) is 2. The average Bonchev–Trinajstić information content (AvgIpc) is 3.17. The van der Waals surface area contributed by atoms with Crippen LogP contribution < -0.4 is 21.5 Å². The Balaban J connectivity index is 1.86. The van der Waals surface area contributed by atoms with Gasteiger partial charge in [0.25, 0.3) is 5.91 Å². The average molecular weight is 380 g/mol. The van der Waals surface area contributed by atoms with Gasteiger partial charge in [0.05, 0.1) is 11.3 Å². The summed E-state index contributed by atoms with van der Waals surface area (Å²) in [6.45, 7) is 2.24. The van der Waals surface area contributed by atoms with E-state index in [-0.39, 0.29) is 21.9 Å². The second kappa shape index (κ2) is 6.99. The summed E-state index contributed by atoms with van der Waals surface area (Å²) in [6, 6.07) is 2.81. The molecule has 0 aliphatic carbocycles. The van der Waals surface area contributed by atoms with Gasteiger partial charge >= 0.3 is 0 Å². The predicted octanol–water partition coefficient (Wildman–Crippen LogP) is 2.45. The minimum absolute atomic E-state index is 0.134. The number of nitrogens with zero attached hydrogens (tertiary/aromatic N) is 3. The first-order chi connectivity index (χ1) is 12.0. The standard InChI is InChI=1S/C14H13FN6O2S2/c1-2-23-8-4-3-6(15)10-9(8)19-14(25-10)20-11(22)7-5-24-13(18-7)21-12(16)17/h3-5H,2H2,1H3,(H,19,20,22)(H4,16,17,18,21). The van der Waals surface area contributed by atoms with Gasteiger partial charge in [0, 0.05) is 5.38 Å². The molecular formula is C14H13FN6O2S2. The molecule has 3 rings (SSSR count). The van der Waals surface area contributed by atoms with E-state index in [9.17, 15) is 9.18 Å². The molecule has 25 heavy (non-hydrogen) atoms. The van der Waals surface area contributed by atoms with E-state index in [2.05, 4.69) is 20.3 Å². The van der Waals surface area contributed by atoms with Crippen LogP contribution in [0.15, 0.2) is 22.5 Å². The topological polar surface area (TPSA) is 129 Å². The van der Waals surface area contributed by atoms with Crippen molar-refractivity contribution in [2.24, 2.45) is 16.5 Å². The number of halogens is 1. The number of hydrogen-bond acceptors (Lipinski definition) is 7. The minimum Gasteiger partial charge on any atom is -0.492 e. The molecule has 0 atom stereocenters. The van der Waals surface area contributed by atoms with Crippen molar-refractivity contribution in [2.75, 3.05) is 11.9 Å². The van der Waals surface area contributed by atoms with Crippen LogP contribution in [0.1, 0.15) is 17.4 Å². The van der Waals surface area contributed by atoms with Crippen molar-refractivity contribution in [2.45, 2.75) is 6.92 Å². The lowest BCUT2D eigenvalue weighted by Crippen LogP contribution is -2.21. The molecule has 130 valence electrons. The number of guanidine groups is 1. The maximum absolute atomic E-state index is 14.0. The maximum Gasteiger partial charge on any atom is 0.276 e. The maximum atomic E-state index is 14.0. The molecule has 1 amide bonds. The zero-order valence-corrected chi connectivity index (χ0v) is 14.6. The molecule has 11 heteroatoms. The molecule has 0 spiro atoms. The monoisotopic (exact) mass is 380 g/mol. The first kappa shape index (κ1) is 17.0. The van der Waals surface area contributed by atoms with Gasteiger partial charge in [-0.05, 0) is 19.1 Å². The second-order valence-corrected chi connectivity index (χ2v) is 6.52. The Hall–Kier alpha value is -2.79. The lowest BCUT2D eigenvalue weighted by atomic mass is 10.3. The number of amides is 1. The summed E-state index contributed by atoms with van der Waals surface area (Å²) in [5.74, 6) is -0.614. The van der Waals surface area contributed by atoms with Crippen molar-refractivity contribution in [3.8, 4) is 5.75 Å². The van der Waals surface area contributed by atoms with Gasteiger partial charge in [0.2, 0.25) is 5.13 Å². The molecule has 3 aromatic rings. The minimum atomic E-state index is -0.495. The Morgan fingerprint density at radius 2 is 2.20 bits per heavy atom. The molecule has 0 aliphatic rings. The number of ether oxygens (including phenoxy) is 1. The Morgan fingerprint density at radius 1 is 1.40 bits per heavy atom. The van der Waals surface area contributed by atoms with Crippen molar-refractivity contribution < 1.29 is 13.9 Å². The number of rotatable bonds is 5. The Morgan fingerprint density at radius 3 is 2.92 bits per heavy atom. The van der Waals surface area contributed by atoms with Gasteiger partial charge in [-0.3, -0.25) is 10.1 Å². The molecule has 0 radical (unpaired) electrons. The summed E-state index contributed by atoms with van der Waals surface area (Å²) >= 11 is 2.13. The second-order valence-electron chi connectivity index (χ2n) is 4.68. The van der Waals surface area contributed by atoms with Crippen molar-refractivity contribution in [3.63, 3.8) is 0 Å². The summed E-state index contributed by atoms with van der Waals surface area (Å²) in [4.78, 5) is 24.3. The van der Waals surface area contributed by atoms with Gasteiger partial charge in [0.15, 0.2) is 11.1 Å². The van der Waals surface area contributed by atoms with E-state index in [1.807, 2.05) is 6.92 Å². The summed E-state index contributed by atoms with van der Waals surface area (Å²) in [5, 5.41) is 4.60. The Labute approximate surface area is 149 Å². The first-order valence-corrected chi connectivity index (χ1v) is 8.76. The predicted molar refractivity (Wildman–Crippen MR) is 96.3 cm³/mol. The lowest BCUT2D eigenvalue weighted by Gasteiger charge is -2.02. The molecule has 1 aromatic carbocycles. The third kappa shape index (κ3) is 3.67. The van der Waals surface area contributed by atoms with Crippen LogP contribution >= 0.6 is 22.7 Å². The largest absolute Gasteiger partial charge is 0.492 e. The van der Waals surface area contributed by atoms with Crippen molar-refractivity contribution >= 4 is 55.0 Å². The molecule has 2 heterocycles. The summed E-state index contributed by atoms with van der Waals surface area (Å²) < 4.78 is 19.7. The highest BCUT2D eigenvalue weighted by molar-refractivity contribution is 7.22. The van der Waals surface area contributed by atoms with Gasteiger partial charge in [-0.25, -0.2) is 14.4 Å². The lowest BCUT2D eigenvalue weighted by molar-refractivity contribution is 0.102. The van der Waals surface area contributed by atoms with Crippen molar-refractivity contribution in [1.82, 2.24) is 9.97 Å². The molecule has 5 N–H and O–H groups in total. The molecule has 0 fully saturated rings.